The first-order chi connectivity index (χ1) is 11.3. The number of nitrogens with zero attached hydrogens (tertiary/aromatic N) is 1. The Hall–Kier alpha value is -2.66. The molecule has 0 unspecified atom stereocenters. The Kier molecular flexibility index (Phi) is 5.01. The highest BCUT2D eigenvalue weighted by Gasteiger charge is 2.07. The first-order valence-electron chi connectivity index (χ1n) is 7.31. The predicted octanol–water partition coefficient (Wildman–Crippen LogP) is 3.91. The van der Waals surface area contributed by atoms with Crippen LogP contribution >= 0.6 is 11.3 Å². The molecule has 0 bridgehead atoms. The molecule has 3 rings (SSSR count). The van der Waals surface area contributed by atoms with Gasteiger partial charge in [0.15, 0.2) is 0 Å². The van der Waals surface area contributed by atoms with Gasteiger partial charge in [0, 0.05) is 29.2 Å². The average Bonchev–Trinajstić information content (AvgIpc) is 3.09. The minimum absolute atomic E-state index is 0.104. The minimum Gasteiger partial charge on any atom is -0.439 e. The van der Waals surface area contributed by atoms with Crippen LogP contribution in [0.15, 0.2) is 66.2 Å². The number of ether oxygens (including phenoxy) is 1. The summed E-state index contributed by atoms with van der Waals surface area (Å²) in [6.45, 7) is 0.616. The summed E-state index contributed by atoms with van der Waals surface area (Å²) in [5.74, 6) is 0.991. The van der Waals surface area contributed by atoms with Gasteiger partial charge in [-0.2, -0.15) is 0 Å². The van der Waals surface area contributed by atoms with Gasteiger partial charge < -0.3 is 10.1 Å². The number of hydrogen-bond acceptors (Lipinski definition) is 4. The van der Waals surface area contributed by atoms with Gasteiger partial charge in [0.05, 0.1) is 0 Å². The van der Waals surface area contributed by atoms with Crippen molar-refractivity contribution < 1.29 is 9.53 Å². The van der Waals surface area contributed by atoms with Crippen molar-refractivity contribution in [1.82, 2.24) is 10.3 Å². The van der Waals surface area contributed by atoms with Crippen molar-refractivity contribution in [1.29, 1.82) is 0 Å². The fraction of sp³-hybridized carbons (Fsp3) is 0.111. The Labute approximate surface area is 138 Å². The molecule has 0 aliphatic heterocycles. The SMILES string of the molecule is O=C(NCCc1cccs1)c1cccc(Oc2ccccn2)c1. The Morgan fingerprint density at radius 3 is 2.87 bits per heavy atom. The van der Waals surface area contributed by atoms with Crippen molar-refractivity contribution >= 4 is 17.2 Å². The van der Waals surface area contributed by atoms with Gasteiger partial charge in [0.1, 0.15) is 5.75 Å². The first-order valence-corrected chi connectivity index (χ1v) is 8.19. The normalized spacial score (nSPS) is 10.3. The molecule has 0 radical (unpaired) electrons. The van der Waals surface area contributed by atoms with E-state index in [1.165, 1.54) is 4.88 Å². The molecule has 2 heterocycles. The van der Waals surface area contributed by atoms with Gasteiger partial charge in [0.2, 0.25) is 5.88 Å². The standard InChI is InChI=1S/C18H16N2O2S/c21-18(20-11-9-16-7-4-12-23-16)14-5-3-6-15(13-14)22-17-8-1-2-10-19-17/h1-8,10,12-13H,9,11H2,(H,20,21). The lowest BCUT2D eigenvalue weighted by molar-refractivity contribution is 0.0954. The highest BCUT2D eigenvalue weighted by Crippen LogP contribution is 2.20. The van der Waals surface area contributed by atoms with Gasteiger partial charge in [-0.25, -0.2) is 4.98 Å². The number of rotatable bonds is 6. The quantitative estimate of drug-likeness (QED) is 0.748. The van der Waals surface area contributed by atoms with Crippen LogP contribution in [0.4, 0.5) is 0 Å². The van der Waals surface area contributed by atoms with E-state index in [2.05, 4.69) is 16.4 Å². The monoisotopic (exact) mass is 324 g/mol. The van der Waals surface area contributed by atoms with Crippen LogP contribution in [-0.4, -0.2) is 17.4 Å². The second-order valence-corrected chi connectivity index (χ2v) is 5.92. The van der Waals surface area contributed by atoms with E-state index in [9.17, 15) is 4.79 Å². The van der Waals surface area contributed by atoms with E-state index in [0.29, 0.717) is 23.7 Å². The molecule has 23 heavy (non-hydrogen) atoms. The van der Waals surface area contributed by atoms with Gasteiger partial charge >= 0.3 is 0 Å². The zero-order valence-electron chi connectivity index (χ0n) is 12.4. The molecule has 0 aliphatic carbocycles. The largest absolute Gasteiger partial charge is 0.439 e. The van der Waals surface area contributed by atoms with E-state index in [1.54, 1.807) is 47.9 Å². The average molecular weight is 324 g/mol. The summed E-state index contributed by atoms with van der Waals surface area (Å²) < 4.78 is 5.64. The molecule has 1 aromatic carbocycles. The number of aromatic nitrogens is 1. The number of benzene rings is 1. The van der Waals surface area contributed by atoms with Crippen molar-refractivity contribution in [2.45, 2.75) is 6.42 Å². The maximum absolute atomic E-state index is 12.2. The molecule has 116 valence electrons. The lowest BCUT2D eigenvalue weighted by Crippen LogP contribution is -2.25. The van der Waals surface area contributed by atoms with Gasteiger partial charge in [-0.15, -0.1) is 11.3 Å². The van der Waals surface area contributed by atoms with Crippen molar-refractivity contribution in [2.75, 3.05) is 6.54 Å². The van der Waals surface area contributed by atoms with Gasteiger partial charge in [-0.3, -0.25) is 4.79 Å². The molecule has 0 fully saturated rings. The molecule has 1 amide bonds. The molecular formula is C18H16N2O2S. The third-order valence-corrected chi connectivity index (χ3v) is 4.13. The van der Waals surface area contributed by atoms with Gasteiger partial charge in [0.25, 0.3) is 5.91 Å². The number of pyridine rings is 1. The molecule has 0 atom stereocenters. The summed E-state index contributed by atoms with van der Waals surface area (Å²) in [6, 6.07) is 16.6. The molecular weight excluding hydrogens is 308 g/mol. The Bertz CT molecular complexity index is 758. The number of carbonyl (C=O) groups is 1. The molecule has 0 spiro atoms. The van der Waals surface area contributed by atoms with Gasteiger partial charge in [-0.1, -0.05) is 18.2 Å². The highest BCUT2D eigenvalue weighted by molar-refractivity contribution is 7.09. The van der Waals surface area contributed by atoms with E-state index in [0.717, 1.165) is 6.42 Å². The molecule has 5 heteroatoms. The second kappa shape index (κ2) is 7.56. The van der Waals surface area contributed by atoms with Gasteiger partial charge in [-0.05, 0) is 42.1 Å². The van der Waals surface area contributed by atoms with Crippen molar-refractivity contribution in [3.8, 4) is 11.6 Å². The molecule has 0 saturated carbocycles. The zero-order valence-corrected chi connectivity index (χ0v) is 13.3. The molecule has 0 aliphatic rings. The number of carbonyl (C=O) groups excluding carboxylic acids is 1. The van der Waals surface area contributed by atoms with Crippen LogP contribution in [0.25, 0.3) is 0 Å². The highest BCUT2D eigenvalue weighted by atomic mass is 32.1. The summed E-state index contributed by atoms with van der Waals surface area (Å²) >= 11 is 1.70. The van der Waals surface area contributed by atoms with E-state index < -0.39 is 0 Å². The number of amides is 1. The fourth-order valence-electron chi connectivity index (χ4n) is 2.09. The number of thiophene rings is 1. The van der Waals surface area contributed by atoms with E-state index >= 15 is 0 Å². The zero-order chi connectivity index (χ0) is 15.9. The lowest BCUT2D eigenvalue weighted by atomic mass is 10.2. The lowest BCUT2D eigenvalue weighted by Gasteiger charge is -2.07. The predicted molar refractivity (Wildman–Crippen MR) is 91.1 cm³/mol. The van der Waals surface area contributed by atoms with Crippen molar-refractivity contribution in [2.24, 2.45) is 0 Å². The third-order valence-electron chi connectivity index (χ3n) is 3.19. The molecule has 0 saturated heterocycles. The maximum atomic E-state index is 12.2. The van der Waals surface area contributed by atoms with Crippen molar-refractivity contribution in [3.05, 3.63) is 76.6 Å². The summed E-state index contributed by atoms with van der Waals surface area (Å²) in [7, 11) is 0. The summed E-state index contributed by atoms with van der Waals surface area (Å²) in [4.78, 5) is 17.6. The maximum Gasteiger partial charge on any atom is 0.251 e. The van der Waals surface area contributed by atoms with Crippen LogP contribution in [-0.2, 0) is 6.42 Å². The fourth-order valence-corrected chi connectivity index (χ4v) is 2.79. The summed E-state index contributed by atoms with van der Waals surface area (Å²) in [6.07, 6.45) is 2.50. The van der Waals surface area contributed by atoms with Crippen LogP contribution in [0, 0.1) is 0 Å². The Morgan fingerprint density at radius 1 is 1.13 bits per heavy atom. The Balaban J connectivity index is 1.59. The van der Waals surface area contributed by atoms with Crippen LogP contribution in [0.2, 0.25) is 0 Å². The van der Waals surface area contributed by atoms with Crippen LogP contribution in [0.3, 0.4) is 0 Å². The second-order valence-electron chi connectivity index (χ2n) is 4.88. The first kappa shape index (κ1) is 15.2. The summed E-state index contributed by atoms with van der Waals surface area (Å²) in [5.41, 5.74) is 0.574. The van der Waals surface area contributed by atoms with E-state index in [-0.39, 0.29) is 5.91 Å². The number of hydrogen-bond donors (Lipinski definition) is 1. The molecule has 4 nitrogen and oxygen atoms in total. The smallest absolute Gasteiger partial charge is 0.251 e. The third kappa shape index (κ3) is 4.40. The Morgan fingerprint density at radius 2 is 2.09 bits per heavy atom. The minimum atomic E-state index is -0.104. The van der Waals surface area contributed by atoms with E-state index in [4.69, 9.17) is 4.74 Å². The van der Waals surface area contributed by atoms with E-state index in [1.807, 2.05) is 23.6 Å². The van der Waals surface area contributed by atoms with Crippen LogP contribution < -0.4 is 10.1 Å². The topological polar surface area (TPSA) is 51.2 Å². The van der Waals surface area contributed by atoms with Crippen molar-refractivity contribution in [3.63, 3.8) is 0 Å². The number of nitrogens with one attached hydrogen (secondary N) is 1. The van der Waals surface area contributed by atoms with Crippen LogP contribution in [0.1, 0.15) is 15.2 Å². The molecule has 2 aromatic heterocycles. The molecule has 1 N–H and O–H groups in total. The van der Waals surface area contributed by atoms with Crippen LogP contribution in [0.5, 0.6) is 11.6 Å². The molecule has 3 aromatic rings. The summed E-state index contributed by atoms with van der Waals surface area (Å²) in [5, 5.41) is 4.96.